The topological polar surface area (TPSA) is 80.3 Å². The summed E-state index contributed by atoms with van der Waals surface area (Å²) in [6.07, 6.45) is 9.72. The van der Waals surface area contributed by atoms with Crippen molar-refractivity contribution in [3.05, 3.63) is 36.3 Å². The number of aromatic nitrogens is 4. The second-order valence-electron chi connectivity index (χ2n) is 8.42. The quantitative estimate of drug-likeness (QED) is 0.660. The van der Waals surface area contributed by atoms with Gasteiger partial charge in [-0.05, 0) is 37.8 Å². The van der Waals surface area contributed by atoms with Crippen LogP contribution in [0.2, 0.25) is 0 Å². The standard InChI is InChI=1S/C22H28N6O2/c1-26(14-17-8-6-12-30-17)22(29)16-7-5-10-27(13-16)20-19-21(24-15-23-20)28-11-4-2-3-9-18(28)25-19/h6,8,12,15-16H,2-5,7,9-11,13-14H2,1H3/t16-/m0/s1. The van der Waals surface area contributed by atoms with E-state index in [2.05, 4.69) is 19.4 Å². The molecule has 0 aromatic carbocycles. The molecule has 0 radical (unpaired) electrons. The van der Waals surface area contributed by atoms with Crippen LogP contribution in [0.1, 0.15) is 43.7 Å². The Balaban J connectivity index is 1.37. The van der Waals surface area contributed by atoms with E-state index >= 15 is 0 Å². The number of aryl methyl sites for hydroxylation is 2. The van der Waals surface area contributed by atoms with Crippen molar-refractivity contribution in [1.82, 2.24) is 24.4 Å². The first-order valence-electron chi connectivity index (χ1n) is 10.9. The summed E-state index contributed by atoms with van der Waals surface area (Å²) >= 11 is 0. The van der Waals surface area contributed by atoms with Gasteiger partial charge in [0.1, 0.15) is 17.9 Å². The SMILES string of the molecule is CN(Cc1ccco1)C(=O)[C@H]1CCCN(c2ncnc3c2nc2n3CCCCC2)C1. The van der Waals surface area contributed by atoms with Gasteiger partial charge < -0.3 is 18.8 Å². The van der Waals surface area contributed by atoms with Crippen molar-refractivity contribution in [1.29, 1.82) is 0 Å². The van der Waals surface area contributed by atoms with Crippen LogP contribution in [0.4, 0.5) is 5.82 Å². The first-order chi connectivity index (χ1) is 14.7. The molecule has 2 aliphatic rings. The molecule has 5 heterocycles. The average molecular weight is 409 g/mol. The van der Waals surface area contributed by atoms with Gasteiger partial charge in [0.05, 0.1) is 18.7 Å². The van der Waals surface area contributed by atoms with Gasteiger partial charge in [-0.3, -0.25) is 4.79 Å². The molecule has 5 rings (SSSR count). The zero-order chi connectivity index (χ0) is 20.5. The minimum atomic E-state index is -0.0517. The molecule has 1 amide bonds. The van der Waals surface area contributed by atoms with Crippen LogP contribution in [0, 0.1) is 5.92 Å². The lowest BCUT2D eigenvalue weighted by atomic mass is 9.96. The highest BCUT2D eigenvalue weighted by Gasteiger charge is 2.30. The Labute approximate surface area is 175 Å². The largest absolute Gasteiger partial charge is 0.467 e. The summed E-state index contributed by atoms with van der Waals surface area (Å²) in [5.74, 6) is 2.89. The number of fused-ring (bicyclic) bond motifs is 3. The number of anilines is 1. The molecule has 0 aliphatic carbocycles. The number of carbonyl (C=O) groups is 1. The summed E-state index contributed by atoms with van der Waals surface area (Å²) in [5, 5.41) is 0. The number of hydrogen-bond donors (Lipinski definition) is 0. The van der Waals surface area contributed by atoms with Crippen LogP contribution >= 0.6 is 0 Å². The predicted octanol–water partition coefficient (Wildman–Crippen LogP) is 3.02. The van der Waals surface area contributed by atoms with Crippen LogP contribution in [0.25, 0.3) is 11.2 Å². The Kier molecular flexibility index (Phi) is 5.14. The van der Waals surface area contributed by atoms with Gasteiger partial charge in [0.15, 0.2) is 17.0 Å². The van der Waals surface area contributed by atoms with Crippen molar-refractivity contribution in [3.8, 4) is 0 Å². The monoisotopic (exact) mass is 408 g/mol. The summed E-state index contributed by atoms with van der Waals surface area (Å²) in [7, 11) is 1.85. The number of carbonyl (C=O) groups excluding carboxylic acids is 1. The van der Waals surface area contributed by atoms with Crippen LogP contribution < -0.4 is 4.90 Å². The van der Waals surface area contributed by atoms with E-state index in [4.69, 9.17) is 9.40 Å². The molecule has 1 atom stereocenters. The maximum atomic E-state index is 13.1. The Morgan fingerprint density at radius 2 is 2.17 bits per heavy atom. The van der Waals surface area contributed by atoms with E-state index in [1.165, 1.54) is 19.3 Å². The van der Waals surface area contributed by atoms with Gasteiger partial charge in [0.2, 0.25) is 5.91 Å². The van der Waals surface area contributed by atoms with Crippen molar-refractivity contribution < 1.29 is 9.21 Å². The number of amides is 1. The maximum absolute atomic E-state index is 13.1. The Bertz CT molecular complexity index is 1030. The third kappa shape index (κ3) is 3.55. The summed E-state index contributed by atoms with van der Waals surface area (Å²) in [5.41, 5.74) is 1.81. The minimum absolute atomic E-state index is 0.0517. The highest BCUT2D eigenvalue weighted by atomic mass is 16.3. The minimum Gasteiger partial charge on any atom is -0.467 e. The molecule has 0 unspecified atom stereocenters. The molecule has 3 aromatic heterocycles. The van der Waals surface area contributed by atoms with Crippen LogP contribution in [0.15, 0.2) is 29.1 Å². The predicted molar refractivity (Wildman–Crippen MR) is 113 cm³/mol. The zero-order valence-corrected chi connectivity index (χ0v) is 17.5. The van der Waals surface area contributed by atoms with Crippen LogP contribution in [0.3, 0.4) is 0 Å². The first kappa shape index (κ1) is 19.1. The molecule has 30 heavy (non-hydrogen) atoms. The number of piperidine rings is 1. The van der Waals surface area contributed by atoms with Gasteiger partial charge >= 0.3 is 0 Å². The lowest BCUT2D eigenvalue weighted by molar-refractivity contribution is -0.135. The van der Waals surface area contributed by atoms with Crippen molar-refractivity contribution in [2.75, 3.05) is 25.0 Å². The smallest absolute Gasteiger partial charge is 0.227 e. The Morgan fingerprint density at radius 3 is 3.03 bits per heavy atom. The lowest BCUT2D eigenvalue weighted by Crippen LogP contribution is -2.43. The molecule has 1 fully saturated rings. The van der Waals surface area contributed by atoms with Crippen molar-refractivity contribution >= 4 is 22.9 Å². The van der Waals surface area contributed by atoms with Crippen LogP contribution in [-0.4, -0.2) is 50.5 Å². The van der Waals surface area contributed by atoms with E-state index < -0.39 is 0 Å². The zero-order valence-electron chi connectivity index (χ0n) is 17.5. The fraction of sp³-hybridized carbons (Fsp3) is 0.545. The van der Waals surface area contributed by atoms with E-state index in [9.17, 15) is 4.79 Å². The molecular weight excluding hydrogens is 380 g/mol. The molecule has 2 aliphatic heterocycles. The molecule has 0 N–H and O–H groups in total. The molecule has 3 aromatic rings. The Morgan fingerprint density at radius 1 is 1.23 bits per heavy atom. The second kappa shape index (κ2) is 8.08. The molecule has 1 saturated heterocycles. The molecular formula is C22H28N6O2. The fourth-order valence-electron chi connectivity index (χ4n) is 4.75. The summed E-state index contributed by atoms with van der Waals surface area (Å²) in [4.78, 5) is 31.1. The maximum Gasteiger partial charge on any atom is 0.227 e. The van der Waals surface area contributed by atoms with Crippen molar-refractivity contribution in [2.45, 2.75) is 51.6 Å². The van der Waals surface area contributed by atoms with Gasteiger partial charge in [-0.25, -0.2) is 15.0 Å². The number of nitrogens with zero attached hydrogens (tertiary/aromatic N) is 6. The number of furan rings is 1. The number of rotatable bonds is 4. The highest BCUT2D eigenvalue weighted by Crippen LogP contribution is 2.30. The number of imidazole rings is 1. The number of hydrogen-bond acceptors (Lipinski definition) is 6. The summed E-state index contributed by atoms with van der Waals surface area (Å²) < 4.78 is 7.66. The summed E-state index contributed by atoms with van der Waals surface area (Å²) in [6.45, 7) is 3.02. The van der Waals surface area contributed by atoms with Gasteiger partial charge in [-0.15, -0.1) is 0 Å². The fourth-order valence-corrected chi connectivity index (χ4v) is 4.75. The first-order valence-corrected chi connectivity index (χ1v) is 10.9. The molecule has 0 bridgehead atoms. The molecule has 158 valence electrons. The van der Waals surface area contributed by atoms with Crippen molar-refractivity contribution in [2.24, 2.45) is 5.92 Å². The summed E-state index contributed by atoms with van der Waals surface area (Å²) in [6, 6.07) is 3.75. The molecule has 0 saturated carbocycles. The molecule has 8 nitrogen and oxygen atoms in total. The van der Waals surface area contributed by atoms with Crippen molar-refractivity contribution in [3.63, 3.8) is 0 Å². The normalized spacial score (nSPS) is 19.5. The highest BCUT2D eigenvalue weighted by molar-refractivity contribution is 5.85. The molecule has 8 heteroatoms. The van der Waals surface area contributed by atoms with E-state index in [0.717, 1.165) is 60.9 Å². The van der Waals surface area contributed by atoms with E-state index in [0.29, 0.717) is 13.1 Å². The van der Waals surface area contributed by atoms with Crippen LogP contribution in [0.5, 0.6) is 0 Å². The van der Waals surface area contributed by atoms with E-state index in [-0.39, 0.29) is 11.8 Å². The third-order valence-corrected chi connectivity index (χ3v) is 6.29. The van der Waals surface area contributed by atoms with Gasteiger partial charge in [0, 0.05) is 33.1 Å². The van der Waals surface area contributed by atoms with Gasteiger partial charge in [-0.2, -0.15) is 0 Å². The van der Waals surface area contributed by atoms with Gasteiger partial charge in [0.25, 0.3) is 0 Å². The van der Waals surface area contributed by atoms with E-state index in [1.807, 2.05) is 19.2 Å². The van der Waals surface area contributed by atoms with Crippen LogP contribution in [-0.2, 0) is 24.3 Å². The Hall–Kier alpha value is -2.90. The third-order valence-electron chi connectivity index (χ3n) is 6.29. The average Bonchev–Trinajstić information content (AvgIpc) is 3.34. The van der Waals surface area contributed by atoms with E-state index in [1.54, 1.807) is 17.5 Å². The second-order valence-corrected chi connectivity index (χ2v) is 8.42. The van der Waals surface area contributed by atoms with Gasteiger partial charge in [-0.1, -0.05) is 6.42 Å². The lowest BCUT2D eigenvalue weighted by Gasteiger charge is -2.34. The molecule has 0 spiro atoms.